The van der Waals surface area contributed by atoms with Crippen LogP contribution in [-0.4, -0.2) is 13.4 Å². The first-order valence-corrected chi connectivity index (χ1v) is 7.36. The van der Waals surface area contributed by atoms with Crippen molar-refractivity contribution in [1.82, 2.24) is 0 Å². The van der Waals surface area contributed by atoms with Crippen LogP contribution >= 0.6 is 11.6 Å². The fourth-order valence-electron chi connectivity index (χ4n) is 2.96. The number of benzene rings is 1. The van der Waals surface area contributed by atoms with E-state index in [0.29, 0.717) is 17.4 Å². The van der Waals surface area contributed by atoms with Crippen LogP contribution < -0.4 is 4.74 Å². The summed E-state index contributed by atoms with van der Waals surface area (Å²) in [5.41, 5.74) is 2.36. The Morgan fingerprint density at radius 3 is 2.68 bits per heavy atom. The molecule has 1 aliphatic carbocycles. The normalized spacial score (nSPS) is 17.4. The molecule has 0 heterocycles. The summed E-state index contributed by atoms with van der Waals surface area (Å²) in [5.74, 6) is 1.58. The Hall–Kier alpha value is -1.02. The van der Waals surface area contributed by atoms with E-state index in [4.69, 9.17) is 16.3 Å². The average Bonchev–Trinajstić information content (AvgIpc) is 2.91. The third-order valence-electron chi connectivity index (χ3n) is 4.11. The van der Waals surface area contributed by atoms with Crippen molar-refractivity contribution in [3.8, 4) is 5.75 Å². The summed E-state index contributed by atoms with van der Waals surface area (Å²) in [5, 5.41) is 0.666. The second-order valence-electron chi connectivity index (χ2n) is 5.41. The van der Waals surface area contributed by atoms with Gasteiger partial charge < -0.3 is 9.53 Å². The zero-order chi connectivity index (χ0) is 13.8. The molecule has 1 fully saturated rings. The minimum atomic E-state index is 0.209. The van der Waals surface area contributed by atoms with Crippen LogP contribution in [0, 0.1) is 0 Å². The number of methoxy groups -OCH3 is 1. The number of hydrogen-bond acceptors (Lipinski definition) is 2. The van der Waals surface area contributed by atoms with E-state index in [-0.39, 0.29) is 5.92 Å². The largest absolute Gasteiger partial charge is 0.495 e. The minimum Gasteiger partial charge on any atom is -0.495 e. The van der Waals surface area contributed by atoms with E-state index in [9.17, 15) is 4.79 Å². The Balaban J connectivity index is 2.40. The lowest BCUT2D eigenvalue weighted by atomic mass is 9.90. The average molecular weight is 281 g/mol. The van der Waals surface area contributed by atoms with Gasteiger partial charge in [0.2, 0.25) is 0 Å². The first-order valence-electron chi connectivity index (χ1n) is 6.98. The van der Waals surface area contributed by atoms with Crippen molar-refractivity contribution in [2.24, 2.45) is 0 Å². The third-order valence-corrected chi connectivity index (χ3v) is 4.39. The van der Waals surface area contributed by atoms with E-state index < -0.39 is 0 Å². The van der Waals surface area contributed by atoms with E-state index in [1.165, 1.54) is 31.2 Å². The minimum absolute atomic E-state index is 0.209. The molecule has 1 aromatic rings. The van der Waals surface area contributed by atoms with E-state index in [2.05, 4.69) is 13.0 Å². The van der Waals surface area contributed by atoms with Gasteiger partial charge in [-0.15, -0.1) is 0 Å². The van der Waals surface area contributed by atoms with Crippen LogP contribution in [0.5, 0.6) is 5.75 Å². The summed E-state index contributed by atoms with van der Waals surface area (Å²) >= 11 is 6.34. The molecule has 1 atom stereocenters. The topological polar surface area (TPSA) is 26.3 Å². The van der Waals surface area contributed by atoms with Crippen LogP contribution in [0.2, 0.25) is 5.02 Å². The molecule has 104 valence electrons. The molecule has 1 aliphatic rings. The summed E-state index contributed by atoms with van der Waals surface area (Å²) in [6.07, 6.45) is 6.47. The van der Waals surface area contributed by atoms with Crippen molar-refractivity contribution < 1.29 is 9.53 Å². The van der Waals surface area contributed by atoms with Crippen LogP contribution in [0.25, 0.3) is 0 Å². The molecule has 19 heavy (non-hydrogen) atoms. The van der Waals surface area contributed by atoms with Crippen molar-refractivity contribution in [2.45, 2.75) is 50.9 Å². The number of ether oxygens (including phenoxy) is 1. The molecule has 0 saturated heterocycles. The summed E-state index contributed by atoms with van der Waals surface area (Å²) in [4.78, 5) is 10.7. The Morgan fingerprint density at radius 1 is 1.42 bits per heavy atom. The van der Waals surface area contributed by atoms with Crippen molar-refractivity contribution >= 4 is 17.9 Å². The molecule has 1 saturated carbocycles. The zero-order valence-electron chi connectivity index (χ0n) is 11.6. The highest BCUT2D eigenvalue weighted by Crippen LogP contribution is 2.43. The van der Waals surface area contributed by atoms with Crippen LogP contribution in [0.3, 0.4) is 0 Å². The molecule has 0 aliphatic heterocycles. The quantitative estimate of drug-likeness (QED) is 0.731. The fourth-order valence-corrected chi connectivity index (χ4v) is 3.27. The van der Waals surface area contributed by atoms with Gasteiger partial charge in [0.15, 0.2) is 0 Å². The molecule has 1 aromatic carbocycles. The van der Waals surface area contributed by atoms with Gasteiger partial charge in [0.1, 0.15) is 12.0 Å². The molecule has 0 bridgehead atoms. The first kappa shape index (κ1) is 14.4. The smallest absolute Gasteiger partial charge is 0.140 e. The number of carbonyl (C=O) groups is 1. The molecular weight excluding hydrogens is 260 g/mol. The van der Waals surface area contributed by atoms with E-state index in [0.717, 1.165) is 17.6 Å². The second kappa shape index (κ2) is 6.42. The Morgan fingerprint density at radius 2 is 2.11 bits per heavy atom. The molecule has 0 aromatic heterocycles. The number of hydrogen-bond donors (Lipinski definition) is 0. The van der Waals surface area contributed by atoms with Crippen LogP contribution in [0.4, 0.5) is 0 Å². The van der Waals surface area contributed by atoms with Gasteiger partial charge in [-0.25, -0.2) is 0 Å². The third kappa shape index (κ3) is 3.11. The van der Waals surface area contributed by atoms with E-state index in [1.54, 1.807) is 7.11 Å². The first-order chi connectivity index (χ1) is 9.17. The van der Waals surface area contributed by atoms with E-state index >= 15 is 0 Å². The fraction of sp³-hybridized carbons (Fsp3) is 0.562. The van der Waals surface area contributed by atoms with Crippen molar-refractivity contribution in [3.63, 3.8) is 0 Å². The van der Waals surface area contributed by atoms with Gasteiger partial charge >= 0.3 is 0 Å². The molecule has 0 N–H and O–H groups in total. The zero-order valence-corrected chi connectivity index (χ0v) is 12.4. The van der Waals surface area contributed by atoms with Gasteiger partial charge in [-0.1, -0.05) is 37.4 Å². The van der Waals surface area contributed by atoms with Gasteiger partial charge in [-0.2, -0.15) is 0 Å². The predicted octanol–water partition coefficient (Wildman–Crippen LogP) is 4.70. The SMILES string of the molecule is COc1c(Cl)cc(C(C)CC=O)cc1C1CCCC1. The standard InChI is InChI=1S/C16H21ClO2/c1-11(7-8-18)13-9-14(12-5-3-4-6-12)16(19-2)15(17)10-13/h8-12H,3-7H2,1-2H3. The lowest BCUT2D eigenvalue weighted by molar-refractivity contribution is -0.108. The number of halogens is 1. The monoisotopic (exact) mass is 280 g/mol. The highest BCUT2D eigenvalue weighted by molar-refractivity contribution is 6.32. The van der Waals surface area contributed by atoms with Crippen molar-refractivity contribution in [3.05, 3.63) is 28.3 Å². The summed E-state index contributed by atoms with van der Waals surface area (Å²) < 4.78 is 5.48. The van der Waals surface area contributed by atoms with Gasteiger partial charge in [0.25, 0.3) is 0 Å². The lowest BCUT2D eigenvalue weighted by Crippen LogP contribution is -2.02. The van der Waals surface area contributed by atoms with Gasteiger partial charge in [-0.05, 0) is 41.9 Å². The Kier molecular flexibility index (Phi) is 4.87. The number of rotatable bonds is 5. The molecule has 2 rings (SSSR count). The second-order valence-corrected chi connectivity index (χ2v) is 5.82. The predicted molar refractivity (Wildman–Crippen MR) is 78.3 cm³/mol. The maximum atomic E-state index is 10.7. The van der Waals surface area contributed by atoms with Crippen molar-refractivity contribution in [1.29, 1.82) is 0 Å². The van der Waals surface area contributed by atoms with E-state index in [1.807, 2.05) is 6.07 Å². The Bertz CT molecular complexity index is 450. The maximum absolute atomic E-state index is 10.7. The van der Waals surface area contributed by atoms with Gasteiger partial charge in [0, 0.05) is 6.42 Å². The summed E-state index contributed by atoms with van der Waals surface area (Å²) in [7, 11) is 1.67. The molecule has 0 spiro atoms. The molecule has 2 nitrogen and oxygen atoms in total. The highest BCUT2D eigenvalue weighted by Gasteiger charge is 2.23. The number of aldehydes is 1. The van der Waals surface area contributed by atoms with Gasteiger partial charge in [0.05, 0.1) is 12.1 Å². The van der Waals surface area contributed by atoms with Crippen molar-refractivity contribution in [2.75, 3.05) is 7.11 Å². The Labute approximate surface area is 120 Å². The highest BCUT2D eigenvalue weighted by atomic mass is 35.5. The molecule has 3 heteroatoms. The summed E-state index contributed by atoms with van der Waals surface area (Å²) in [6.45, 7) is 2.06. The number of carbonyl (C=O) groups excluding carboxylic acids is 1. The van der Waals surface area contributed by atoms with Crippen LogP contribution in [0.15, 0.2) is 12.1 Å². The molecule has 1 unspecified atom stereocenters. The van der Waals surface area contributed by atoms with Crippen LogP contribution in [-0.2, 0) is 4.79 Å². The maximum Gasteiger partial charge on any atom is 0.140 e. The van der Waals surface area contributed by atoms with Gasteiger partial charge in [-0.3, -0.25) is 0 Å². The van der Waals surface area contributed by atoms with Crippen LogP contribution in [0.1, 0.15) is 62.0 Å². The summed E-state index contributed by atoms with van der Waals surface area (Å²) in [6, 6.07) is 4.13. The lowest BCUT2D eigenvalue weighted by Gasteiger charge is -2.19. The molecule has 0 amide bonds. The molecule has 0 radical (unpaired) electrons. The molecular formula is C16H21ClO2.